The molecule has 0 fully saturated rings. The zero-order valence-electron chi connectivity index (χ0n) is 13.2. The minimum absolute atomic E-state index is 0.0364. The molecule has 3 rings (SSSR count). The monoisotopic (exact) mass is 358 g/mol. The Kier molecular flexibility index (Phi) is 5.02. The molecule has 0 saturated heterocycles. The molecule has 0 saturated carbocycles. The van der Waals surface area contributed by atoms with Crippen LogP contribution in [0, 0.1) is 13.8 Å². The van der Waals surface area contributed by atoms with Crippen LogP contribution in [0.1, 0.15) is 21.5 Å². The molecular weight excluding hydrogens is 344 g/mol. The van der Waals surface area contributed by atoms with Gasteiger partial charge in [-0.2, -0.15) is 0 Å². The number of carbonyl (C=O) groups is 1. The van der Waals surface area contributed by atoms with Crippen molar-refractivity contribution in [1.82, 2.24) is 10.2 Å². The summed E-state index contributed by atoms with van der Waals surface area (Å²) in [6, 6.07) is 12.9. The van der Waals surface area contributed by atoms with Gasteiger partial charge < -0.3 is 4.42 Å². The third-order valence-electron chi connectivity index (χ3n) is 3.65. The fourth-order valence-corrected chi connectivity index (χ4v) is 2.89. The van der Waals surface area contributed by atoms with Crippen molar-refractivity contribution in [2.45, 2.75) is 19.1 Å². The molecular formula is C18H15ClN2O2S. The van der Waals surface area contributed by atoms with Crippen LogP contribution >= 0.6 is 23.4 Å². The van der Waals surface area contributed by atoms with E-state index in [9.17, 15) is 4.79 Å². The van der Waals surface area contributed by atoms with Gasteiger partial charge in [-0.3, -0.25) is 4.79 Å². The highest BCUT2D eigenvalue weighted by Gasteiger charge is 2.13. The van der Waals surface area contributed by atoms with Gasteiger partial charge in [-0.05, 0) is 55.3 Å². The second kappa shape index (κ2) is 7.20. The van der Waals surface area contributed by atoms with Crippen LogP contribution in [0.3, 0.4) is 0 Å². The van der Waals surface area contributed by atoms with Gasteiger partial charge in [0.2, 0.25) is 5.89 Å². The fraction of sp³-hybridized carbons (Fsp3) is 0.167. The molecule has 1 aromatic heterocycles. The highest BCUT2D eigenvalue weighted by Crippen LogP contribution is 2.25. The number of hydrogen-bond acceptors (Lipinski definition) is 5. The predicted octanol–water partition coefficient (Wildman–Crippen LogP) is 4.98. The second-order valence-electron chi connectivity index (χ2n) is 5.39. The summed E-state index contributed by atoms with van der Waals surface area (Å²) in [7, 11) is 0. The summed E-state index contributed by atoms with van der Waals surface area (Å²) in [4.78, 5) is 12.3. The lowest BCUT2D eigenvalue weighted by Crippen LogP contribution is -2.03. The average molecular weight is 359 g/mol. The Balaban J connectivity index is 1.65. The molecule has 0 bridgehead atoms. The van der Waals surface area contributed by atoms with E-state index in [1.807, 2.05) is 44.2 Å². The lowest BCUT2D eigenvalue weighted by Gasteiger charge is -2.03. The van der Waals surface area contributed by atoms with Crippen molar-refractivity contribution < 1.29 is 9.21 Å². The van der Waals surface area contributed by atoms with Crippen LogP contribution in [0.4, 0.5) is 0 Å². The largest absolute Gasteiger partial charge is 0.411 e. The van der Waals surface area contributed by atoms with Crippen LogP contribution in [0.15, 0.2) is 52.1 Å². The number of thioether (sulfide) groups is 1. The van der Waals surface area contributed by atoms with E-state index in [1.165, 1.54) is 17.3 Å². The number of benzene rings is 2. The van der Waals surface area contributed by atoms with E-state index in [2.05, 4.69) is 10.2 Å². The number of hydrogen-bond donors (Lipinski definition) is 0. The zero-order valence-corrected chi connectivity index (χ0v) is 14.8. The van der Waals surface area contributed by atoms with Gasteiger partial charge in [0, 0.05) is 16.1 Å². The third kappa shape index (κ3) is 3.86. The molecule has 2 aromatic carbocycles. The number of nitrogens with zero attached hydrogens (tertiary/aromatic N) is 2. The standard InChI is InChI=1S/C18H15ClN2O2S/c1-11-3-4-14(9-12(11)2)16(22)10-24-18-21-20-17(23-18)13-5-7-15(19)8-6-13/h3-9H,10H2,1-2H3. The Morgan fingerprint density at radius 3 is 2.54 bits per heavy atom. The minimum Gasteiger partial charge on any atom is -0.411 e. The van der Waals surface area contributed by atoms with Crippen molar-refractivity contribution in [1.29, 1.82) is 0 Å². The van der Waals surface area contributed by atoms with Crippen molar-refractivity contribution in [2.75, 3.05) is 5.75 Å². The van der Waals surface area contributed by atoms with Gasteiger partial charge in [-0.25, -0.2) is 0 Å². The molecule has 3 aromatic rings. The zero-order chi connectivity index (χ0) is 17.1. The quantitative estimate of drug-likeness (QED) is 0.475. The Bertz CT molecular complexity index is 875. The average Bonchev–Trinajstić information content (AvgIpc) is 3.05. The summed E-state index contributed by atoms with van der Waals surface area (Å²) in [6.45, 7) is 4.02. The molecule has 122 valence electrons. The summed E-state index contributed by atoms with van der Waals surface area (Å²) in [5.74, 6) is 0.701. The molecule has 4 nitrogen and oxygen atoms in total. The summed E-state index contributed by atoms with van der Waals surface area (Å²) < 4.78 is 5.58. The number of carbonyl (C=O) groups excluding carboxylic acids is 1. The van der Waals surface area contributed by atoms with Crippen LogP contribution in [0.25, 0.3) is 11.5 Å². The lowest BCUT2D eigenvalue weighted by molar-refractivity contribution is 0.102. The highest BCUT2D eigenvalue weighted by molar-refractivity contribution is 7.99. The number of halogens is 1. The van der Waals surface area contributed by atoms with Crippen LogP contribution in [-0.4, -0.2) is 21.7 Å². The first-order valence-electron chi connectivity index (χ1n) is 7.35. The maximum Gasteiger partial charge on any atom is 0.277 e. The van der Waals surface area contributed by atoms with Crippen LogP contribution in [0.5, 0.6) is 0 Å². The molecule has 0 aliphatic rings. The molecule has 0 atom stereocenters. The van der Waals surface area contributed by atoms with Crippen LogP contribution in [-0.2, 0) is 0 Å². The van der Waals surface area contributed by atoms with Gasteiger partial charge in [-0.15, -0.1) is 10.2 Å². The first kappa shape index (κ1) is 16.7. The Morgan fingerprint density at radius 1 is 1.08 bits per heavy atom. The van der Waals surface area contributed by atoms with Crippen molar-refractivity contribution in [2.24, 2.45) is 0 Å². The lowest BCUT2D eigenvalue weighted by atomic mass is 10.0. The molecule has 0 amide bonds. The van der Waals surface area contributed by atoms with Crippen molar-refractivity contribution >= 4 is 29.1 Å². The van der Waals surface area contributed by atoms with Gasteiger partial charge >= 0.3 is 0 Å². The molecule has 0 spiro atoms. The first-order valence-corrected chi connectivity index (χ1v) is 8.72. The molecule has 0 N–H and O–H groups in total. The number of ketones is 1. The Morgan fingerprint density at radius 2 is 1.83 bits per heavy atom. The molecule has 0 aliphatic carbocycles. The second-order valence-corrected chi connectivity index (χ2v) is 6.75. The van der Waals surface area contributed by atoms with E-state index in [0.717, 1.165) is 11.1 Å². The van der Waals surface area contributed by atoms with Gasteiger partial charge in [0.25, 0.3) is 5.22 Å². The third-order valence-corrected chi connectivity index (χ3v) is 4.72. The van der Waals surface area contributed by atoms with E-state index in [1.54, 1.807) is 12.1 Å². The number of aryl methyl sites for hydroxylation is 2. The van der Waals surface area contributed by atoms with Crippen LogP contribution in [0.2, 0.25) is 5.02 Å². The van der Waals surface area contributed by atoms with Crippen molar-refractivity contribution in [3.63, 3.8) is 0 Å². The Hall–Kier alpha value is -2.11. The van der Waals surface area contributed by atoms with Crippen molar-refractivity contribution in [3.8, 4) is 11.5 Å². The molecule has 0 unspecified atom stereocenters. The van der Waals surface area contributed by atoms with Crippen LogP contribution < -0.4 is 0 Å². The molecule has 24 heavy (non-hydrogen) atoms. The topological polar surface area (TPSA) is 56.0 Å². The number of aromatic nitrogens is 2. The molecule has 6 heteroatoms. The van der Waals surface area contributed by atoms with E-state index in [0.29, 0.717) is 21.7 Å². The fourth-order valence-electron chi connectivity index (χ4n) is 2.10. The van der Waals surface area contributed by atoms with E-state index < -0.39 is 0 Å². The smallest absolute Gasteiger partial charge is 0.277 e. The molecule has 0 aliphatic heterocycles. The van der Waals surface area contributed by atoms with Crippen molar-refractivity contribution in [3.05, 3.63) is 64.2 Å². The molecule has 1 heterocycles. The summed E-state index contributed by atoms with van der Waals surface area (Å²) in [5.41, 5.74) is 3.76. The number of rotatable bonds is 5. The van der Waals surface area contributed by atoms with E-state index in [-0.39, 0.29) is 11.5 Å². The minimum atomic E-state index is 0.0364. The van der Waals surface area contributed by atoms with Gasteiger partial charge in [-0.1, -0.05) is 35.5 Å². The summed E-state index contributed by atoms with van der Waals surface area (Å²) in [6.07, 6.45) is 0. The predicted molar refractivity (Wildman–Crippen MR) is 95.7 cm³/mol. The summed E-state index contributed by atoms with van der Waals surface area (Å²) in [5, 5.41) is 8.99. The first-order chi connectivity index (χ1) is 11.5. The van der Waals surface area contributed by atoms with Gasteiger partial charge in [0.1, 0.15) is 0 Å². The normalized spacial score (nSPS) is 10.8. The van der Waals surface area contributed by atoms with E-state index in [4.69, 9.17) is 16.0 Å². The molecule has 0 radical (unpaired) electrons. The van der Waals surface area contributed by atoms with Gasteiger partial charge in [0.15, 0.2) is 5.78 Å². The van der Waals surface area contributed by atoms with Gasteiger partial charge in [0.05, 0.1) is 5.75 Å². The highest BCUT2D eigenvalue weighted by atomic mass is 35.5. The summed E-state index contributed by atoms with van der Waals surface area (Å²) >= 11 is 7.10. The maximum absolute atomic E-state index is 12.3. The Labute approximate surface area is 149 Å². The number of Topliss-reactive ketones (excluding diaryl/α,β-unsaturated/α-hetero) is 1. The SMILES string of the molecule is Cc1ccc(C(=O)CSc2nnc(-c3ccc(Cl)cc3)o2)cc1C. The van der Waals surface area contributed by atoms with E-state index >= 15 is 0 Å². The maximum atomic E-state index is 12.3.